The van der Waals surface area contributed by atoms with Crippen LogP contribution in [0.4, 0.5) is 8.78 Å². The Hall–Kier alpha value is -1.66. The summed E-state index contributed by atoms with van der Waals surface area (Å²) in [4.78, 5) is -0.366. The van der Waals surface area contributed by atoms with Crippen molar-refractivity contribution >= 4 is 19.7 Å². The van der Waals surface area contributed by atoms with Crippen LogP contribution in [0.5, 0.6) is 5.75 Å². The molecule has 0 unspecified atom stereocenters. The van der Waals surface area contributed by atoms with E-state index < -0.39 is 20.7 Å². The third kappa shape index (κ3) is 3.46. The van der Waals surface area contributed by atoms with Crippen molar-refractivity contribution in [2.24, 2.45) is 0 Å². The molecule has 2 rings (SSSR count). The predicted molar refractivity (Wildman–Crippen MR) is 70.2 cm³/mol. The maximum absolute atomic E-state index is 13.6. The minimum Gasteiger partial charge on any atom is -0.486 e. The number of halogens is 3. The van der Waals surface area contributed by atoms with Gasteiger partial charge in [-0.1, -0.05) is 18.2 Å². The predicted octanol–water partition coefficient (Wildman–Crippen LogP) is 3.47. The molecule has 2 aromatic rings. The van der Waals surface area contributed by atoms with E-state index in [1.807, 2.05) is 0 Å². The van der Waals surface area contributed by atoms with E-state index in [-0.39, 0.29) is 22.8 Å². The molecule has 0 bridgehead atoms. The van der Waals surface area contributed by atoms with E-state index in [2.05, 4.69) is 0 Å². The van der Waals surface area contributed by atoms with Crippen LogP contribution in [0.2, 0.25) is 0 Å². The fourth-order valence-electron chi connectivity index (χ4n) is 1.52. The van der Waals surface area contributed by atoms with E-state index in [4.69, 9.17) is 15.4 Å². The lowest BCUT2D eigenvalue weighted by Gasteiger charge is -2.08. The van der Waals surface area contributed by atoms with Crippen LogP contribution in [0.15, 0.2) is 47.4 Å². The van der Waals surface area contributed by atoms with Gasteiger partial charge in [-0.25, -0.2) is 17.2 Å². The van der Waals surface area contributed by atoms with Crippen molar-refractivity contribution in [2.75, 3.05) is 0 Å². The van der Waals surface area contributed by atoms with Gasteiger partial charge in [-0.3, -0.25) is 0 Å². The Morgan fingerprint density at radius 3 is 2.35 bits per heavy atom. The van der Waals surface area contributed by atoms with E-state index in [1.54, 1.807) is 6.07 Å². The summed E-state index contributed by atoms with van der Waals surface area (Å²) in [5, 5.41) is 0. The highest BCUT2D eigenvalue weighted by Gasteiger charge is 2.14. The quantitative estimate of drug-likeness (QED) is 0.811. The summed E-state index contributed by atoms with van der Waals surface area (Å²) in [7, 11) is 1.09. The zero-order chi connectivity index (χ0) is 14.8. The number of ether oxygens (including phenoxy) is 1. The topological polar surface area (TPSA) is 43.4 Å². The van der Waals surface area contributed by atoms with Gasteiger partial charge in [0, 0.05) is 16.2 Å². The molecule has 0 heterocycles. The summed E-state index contributed by atoms with van der Waals surface area (Å²) in [6, 6.07) is 8.91. The van der Waals surface area contributed by atoms with Crippen molar-refractivity contribution in [3.8, 4) is 5.75 Å². The van der Waals surface area contributed by atoms with E-state index in [0.29, 0.717) is 0 Å². The van der Waals surface area contributed by atoms with Crippen LogP contribution >= 0.6 is 10.7 Å². The molecule has 3 nitrogen and oxygen atoms in total. The summed E-state index contributed by atoms with van der Waals surface area (Å²) in [5.74, 6) is -1.53. The van der Waals surface area contributed by atoms with Gasteiger partial charge in [-0.05, 0) is 24.3 Å². The molecular formula is C13H9ClF2O3S. The summed E-state index contributed by atoms with van der Waals surface area (Å²) >= 11 is 0. The van der Waals surface area contributed by atoms with E-state index in [1.165, 1.54) is 18.2 Å². The molecule has 0 aliphatic carbocycles. The molecule has 2 aromatic carbocycles. The van der Waals surface area contributed by atoms with Crippen molar-refractivity contribution in [1.82, 2.24) is 0 Å². The largest absolute Gasteiger partial charge is 0.486 e. The van der Waals surface area contributed by atoms with Crippen LogP contribution in [0, 0.1) is 11.6 Å². The third-order valence-corrected chi connectivity index (χ3v) is 3.88. The molecule has 0 aliphatic heterocycles. The Kier molecular flexibility index (Phi) is 4.25. The fraction of sp³-hybridized carbons (Fsp3) is 0.0769. The van der Waals surface area contributed by atoms with Gasteiger partial charge >= 0.3 is 0 Å². The molecule has 20 heavy (non-hydrogen) atoms. The van der Waals surface area contributed by atoms with Crippen LogP contribution in [0.25, 0.3) is 0 Å². The lowest BCUT2D eigenvalue weighted by molar-refractivity contribution is 0.284. The summed E-state index contributed by atoms with van der Waals surface area (Å²) in [6.45, 7) is -0.170. The van der Waals surface area contributed by atoms with E-state index >= 15 is 0 Å². The normalized spacial score (nSPS) is 11.3. The second-order valence-electron chi connectivity index (χ2n) is 3.91. The van der Waals surface area contributed by atoms with Gasteiger partial charge in [0.15, 0.2) is 11.6 Å². The maximum atomic E-state index is 13.6. The molecule has 0 aromatic heterocycles. The van der Waals surface area contributed by atoms with Crippen LogP contribution in [0.1, 0.15) is 5.56 Å². The molecule has 106 valence electrons. The minimum atomic E-state index is -4.00. The smallest absolute Gasteiger partial charge is 0.261 e. The van der Waals surface area contributed by atoms with Gasteiger partial charge in [-0.2, -0.15) is 0 Å². The Bertz CT molecular complexity index is 732. The summed E-state index contributed by atoms with van der Waals surface area (Å²) in [5.41, 5.74) is 0.265. The Morgan fingerprint density at radius 2 is 1.75 bits per heavy atom. The van der Waals surface area contributed by atoms with Crippen LogP contribution in [-0.2, 0) is 15.7 Å². The number of hydrogen-bond acceptors (Lipinski definition) is 3. The Morgan fingerprint density at radius 1 is 1.05 bits per heavy atom. The van der Waals surface area contributed by atoms with Gasteiger partial charge in [0.2, 0.25) is 0 Å². The van der Waals surface area contributed by atoms with Gasteiger partial charge in [-0.15, -0.1) is 0 Å². The van der Waals surface area contributed by atoms with Crippen molar-refractivity contribution in [2.45, 2.75) is 11.5 Å². The first-order chi connectivity index (χ1) is 9.38. The lowest BCUT2D eigenvalue weighted by atomic mass is 10.2. The first-order valence-corrected chi connectivity index (χ1v) is 7.79. The average Bonchev–Trinajstić information content (AvgIpc) is 2.38. The summed E-state index contributed by atoms with van der Waals surface area (Å²) < 4.78 is 54.2. The monoisotopic (exact) mass is 318 g/mol. The molecule has 0 atom stereocenters. The SMILES string of the molecule is O=S(=O)(Cl)c1ccc(OCc2ccccc2F)c(F)c1. The van der Waals surface area contributed by atoms with Crippen molar-refractivity contribution in [1.29, 1.82) is 0 Å². The zero-order valence-electron chi connectivity index (χ0n) is 10.0. The number of rotatable bonds is 4. The van der Waals surface area contributed by atoms with E-state index in [9.17, 15) is 17.2 Å². The Labute approximate surface area is 119 Å². The third-order valence-electron chi connectivity index (χ3n) is 2.53. The highest BCUT2D eigenvalue weighted by Crippen LogP contribution is 2.24. The molecule has 0 saturated heterocycles. The van der Waals surface area contributed by atoms with Crippen molar-refractivity contribution < 1.29 is 21.9 Å². The highest BCUT2D eigenvalue weighted by molar-refractivity contribution is 8.13. The molecule has 0 amide bonds. The second-order valence-corrected chi connectivity index (χ2v) is 6.48. The fourth-order valence-corrected chi connectivity index (χ4v) is 2.28. The lowest BCUT2D eigenvalue weighted by Crippen LogP contribution is -2.01. The average molecular weight is 319 g/mol. The molecule has 0 saturated carbocycles. The second kappa shape index (κ2) is 5.76. The number of benzene rings is 2. The van der Waals surface area contributed by atoms with Crippen molar-refractivity contribution in [3.05, 3.63) is 59.7 Å². The van der Waals surface area contributed by atoms with Crippen LogP contribution in [-0.4, -0.2) is 8.42 Å². The van der Waals surface area contributed by atoms with Gasteiger partial charge in [0.25, 0.3) is 9.05 Å². The molecule has 0 N–H and O–H groups in total. The van der Waals surface area contributed by atoms with Gasteiger partial charge in [0.05, 0.1) is 4.90 Å². The molecule has 0 aliphatic rings. The molecule has 0 spiro atoms. The summed E-state index contributed by atoms with van der Waals surface area (Å²) in [6.07, 6.45) is 0. The van der Waals surface area contributed by atoms with Crippen molar-refractivity contribution in [3.63, 3.8) is 0 Å². The van der Waals surface area contributed by atoms with Gasteiger partial charge < -0.3 is 4.74 Å². The van der Waals surface area contributed by atoms with Gasteiger partial charge in [0.1, 0.15) is 12.4 Å². The van der Waals surface area contributed by atoms with Crippen LogP contribution < -0.4 is 4.74 Å². The minimum absolute atomic E-state index is 0.170. The highest BCUT2D eigenvalue weighted by atomic mass is 35.7. The molecule has 0 radical (unpaired) electrons. The Balaban J connectivity index is 2.17. The first kappa shape index (κ1) is 14.7. The first-order valence-electron chi connectivity index (χ1n) is 5.48. The molecular weight excluding hydrogens is 310 g/mol. The maximum Gasteiger partial charge on any atom is 0.261 e. The molecule has 7 heteroatoms. The molecule has 0 fully saturated rings. The standard InChI is InChI=1S/C13H9ClF2O3S/c14-20(17,18)10-5-6-13(12(16)7-10)19-8-9-3-1-2-4-11(9)15/h1-7H,8H2. The zero-order valence-corrected chi connectivity index (χ0v) is 11.6. The van der Waals surface area contributed by atoms with Crippen LogP contribution in [0.3, 0.4) is 0 Å². The number of hydrogen-bond donors (Lipinski definition) is 0. The van der Waals surface area contributed by atoms with E-state index in [0.717, 1.165) is 18.2 Å².